The highest BCUT2D eigenvalue weighted by atomic mass is 16.6. The summed E-state index contributed by atoms with van der Waals surface area (Å²) in [4.78, 5) is 33.3. The van der Waals surface area contributed by atoms with Gasteiger partial charge in [-0.3, -0.25) is 0 Å². The maximum Gasteiger partial charge on any atom is 0.422 e. The van der Waals surface area contributed by atoms with E-state index in [2.05, 4.69) is 48.2 Å². The maximum atomic E-state index is 13.3. The molecule has 2 aromatic carbocycles. The van der Waals surface area contributed by atoms with Gasteiger partial charge in [-0.2, -0.15) is 4.90 Å². The normalized spacial score (nSPS) is 16.5. The molecular formula is C30H38N4O3. The maximum absolute atomic E-state index is 13.3. The first-order valence-electron chi connectivity index (χ1n) is 13.0. The van der Waals surface area contributed by atoms with Gasteiger partial charge >= 0.3 is 12.1 Å². The minimum Gasteiger partial charge on any atom is -0.446 e. The number of ether oxygens (including phenoxy) is 1. The smallest absolute Gasteiger partial charge is 0.422 e. The van der Waals surface area contributed by atoms with Crippen LogP contribution in [0.1, 0.15) is 58.9 Å². The van der Waals surface area contributed by atoms with E-state index in [0.717, 1.165) is 40.9 Å². The van der Waals surface area contributed by atoms with Gasteiger partial charge in [0.25, 0.3) is 0 Å². The highest BCUT2D eigenvalue weighted by Crippen LogP contribution is 2.34. The zero-order valence-corrected chi connectivity index (χ0v) is 22.5. The number of nitrogens with one attached hydrogen (secondary N) is 2. The first-order chi connectivity index (χ1) is 17.6. The molecule has 0 aliphatic carbocycles. The third kappa shape index (κ3) is 6.53. The summed E-state index contributed by atoms with van der Waals surface area (Å²) in [6.45, 7) is 12.5. The minimum atomic E-state index is -0.699. The minimum absolute atomic E-state index is 0.237. The highest BCUT2D eigenvalue weighted by molar-refractivity contribution is 6.17. The summed E-state index contributed by atoms with van der Waals surface area (Å²) >= 11 is 0. The average Bonchev–Trinajstić information content (AvgIpc) is 3.27. The summed E-state index contributed by atoms with van der Waals surface area (Å²) in [6, 6.07) is 14.1. The van der Waals surface area contributed by atoms with Crippen molar-refractivity contribution < 1.29 is 14.3 Å². The molecule has 2 atom stereocenters. The summed E-state index contributed by atoms with van der Waals surface area (Å²) in [7, 11) is 0. The van der Waals surface area contributed by atoms with Crippen LogP contribution in [0.15, 0.2) is 67.0 Å². The van der Waals surface area contributed by atoms with Gasteiger partial charge < -0.3 is 19.9 Å². The number of hydrogen-bond acceptors (Lipinski definition) is 4. The van der Waals surface area contributed by atoms with E-state index in [1.54, 1.807) is 18.2 Å². The summed E-state index contributed by atoms with van der Waals surface area (Å²) in [5, 5.41) is 3.81. The van der Waals surface area contributed by atoms with E-state index < -0.39 is 12.1 Å². The van der Waals surface area contributed by atoms with Crippen LogP contribution in [0, 0.1) is 5.41 Å². The number of rotatable bonds is 6. The van der Waals surface area contributed by atoms with E-state index in [4.69, 9.17) is 4.74 Å². The quantitative estimate of drug-likeness (QED) is 0.366. The SMILES string of the molecule is CCC(C)OC(=O)N(C(=O)Nc1ccccc1)c1ccc2[nH]cc(C3C=CN(CC(C)(C)C)CC3)c2c1. The molecule has 3 amide bonds. The monoisotopic (exact) mass is 502 g/mol. The van der Waals surface area contributed by atoms with Crippen LogP contribution in [0.3, 0.4) is 0 Å². The summed E-state index contributed by atoms with van der Waals surface area (Å²) in [5.74, 6) is 0.249. The molecule has 0 radical (unpaired) electrons. The summed E-state index contributed by atoms with van der Waals surface area (Å²) < 4.78 is 5.57. The molecule has 0 fully saturated rings. The van der Waals surface area contributed by atoms with Gasteiger partial charge in [-0.1, -0.05) is 52.0 Å². The van der Waals surface area contributed by atoms with Crippen LogP contribution in [-0.4, -0.2) is 41.2 Å². The number of nitrogens with zero attached hydrogens (tertiary/aromatic N) is 2. The molecule has 0 bridgehead atoms. The van der Waals surface area contributed by atoms with Gasteiger partial charge in [0, 0.05) is 41.8 Å². The van der Waals surface area contributed by atoms with Gasteiger partial charge in [0.2, 0.25) is 0 Å². The number of urea groups is 1. The second kappa shape index (κ2) is 11.1. The lowest BCUT2D eigenvalue weighted by molar-refractivity contribution is 0.113. The van der Waals surface area contributed by atoms with E-state index in [1.807, 2.05) is 50.4 Å². The molecule has 4 rings (SSSR count). The van der Waals surface area contributed by atoms with Crippen LogP contribution in [0.4, 0.5) is 21.0 Å². The molecule has 3 aromatic rings. The molecule has 1 aliphatic heterocycles. The third-order valence-corrected chi connectivity index (χ3v) is 6.58. The highest BCUT2D eigenvalue weighted by Gasteiger charge is 2.28. The molecule has 2 heterocycles. The molecule has 7 heteroatoms. The Hall–Kier alpha value is -3.74. The van der Waals surface area contributed by atoms with Crippen molar-refractivity contribution in [3.05, 3.63) is 72.6 Å². The zero-order chi connectivity index (χ0) is 26.6. The largest absolute Gasteiger partial charge is 0.446 e. The number of H-pyrrole nitrogens is 1. The van der Waals surface area contributed by atoms with E-state index in [9.17, 15) is 9.59 Å². The number of aromatic amines is 1. The van der Waals surface area contributed by atoms with Crippen LogP contribution >= 0.6 is 0 Å². The topological polar surface area (TPSA) is 77.7 Å². The van der Waals surface area contributed by atoms with Gasteiger partial charge in [0.15, 0.2) is 0 Å². The van der Waals surface area contributed by atoms with Crippen molar-refractivity contribution in [2.45, 2.75) is 59.5 Å². The Bertz CT molecular complexity index is 1260. The Morgan fingerprint density at radius 2 is 1.95 bits per heavy atom. The third-order valence-electron chi connectivity index (χ3n) is 6.58. The number of benzene rings is 2. The molecule has 2 unspecified atom stereocenters. The molecule has 1 aliphatic rings. The molecule has 7 nitrogen and oxygen atoms in total. The number of para-hydroxylation sites is 1. The second-order valence-corrected chi connectivity index (χ2v) is 11.0. The number of hydrogen-bond donors (Lipinski definition) is 2. The van der Waals surface area contributed by atoms with Crippen molar-refractivity contribution in [3.63, 3.8) is 0 Å². The molecular weight excluding hydrogens is 464 g/mol. The molecule has 0 spiro atoms. The fourth-order valence-electron chi connectivity index (χ4n) is 4.59. The Morgan fingerprint density at radius 1 is 1.19 bits per heavy atom. The van der Waals surface area contributed by atoms with Crippen molar-refractivity contribution in [2.24, 2.45) is 5.41 Å². The van der Waals surface area contributed by atoms with Gasteiger partial charge in [-0.15, -0.1) is 0 Å². The number of amides is 3. The molecule has 2 N–H and O–H groups in total. The van der Waals surface area contributed by atoms with Gasteiger partial charge in [0.05, 0.1) is 5.69 Å². The van der Waals surface area contributed by atoms with E-state index in [1.165, 1.54) is 0 Å². The predicted octanol–water partition coefficient (Wildman–Crippen LogP) is 7.49. The van der Waals surface area contributed by atoms with Crippen molar-refractivity contribution in [2.75, 3.05) is 23.3 Å². The van der Waals surface area contributed by atoms with Crippen molar-refractivity contribution >= 4 is 34.4 Å². The Morgan fingerprint density at radius 3 is 2.59 bits per heavy atom. The number of aromatic nitrogens is 1. The number of anilines is 2. The lowest BCUT2D eigenvalue weighted by Gasteiger charge is -2.33. The number of imide groups is 1. The van der Waals surface area contributed by atoms with Gasteiger partial charge in [-0.25, -0.2) is 9.59 Å². The first-order valence-corrected chi connectivity index (χ1v) is 13.0. The lowest BCUT2D eigenvalue weighted by Crippen LogP contribution is -2.41. The van der Waals surface area contributed by atoms with E-state index in [-0.39, 0.29) is 17.4 Å². The molecule has 196 valence electrons. The summed E-state index contributed by atoms with van der Waals surface area (Å²) in [5.41, 5.74) is 3.42. The number of allylic oxidation sites excluding steroid dienone is 1. The molecule has 0 saturated heterocycles. The predicted molar refractivity (Wildman–Crippen MR) is 150 cm³/mol. The van der Waals surface area contributed by atoms with Crippen LogP contribution in [0.25, 0.3) is 10.9 Å². The molecule has 0 saturated carbocycles. The van der Waals surface area contributed by atoms with Gasteiger partial charge in [-0.05, 0) is 67.3 Å². The van der Waals surface area contributed by atoms with E-state index in [0.29, 0.717) is 17.8 Å². The van der Waals surface area contributed by atoms with E-state index >= 15 is 0 Å². The number of carbonyl (C=O) groups excluding carboxylic acids is 2. The average molecular weight is 503 g/mol. The number of fused-ring (bicyclic) bond motifs is 1. The van der Waals surface area contributed by atoms with Crippen LogP contribution in [-0.2, 0) is 4.74 Å². The van der Waals surface area contributed by atoms with Crippen molar-refractivity contribution in [3.8, 4) is 0 Å². The Labute approximate surface area is 219 Å². The summed E-state index contributed by atoms with van der Waals surface area (Å²) in [6.07, 6.45) is 7.13. The zero-order valence-electron chi connectivity index (χ0n) is 22.5. The van der Waals surface area contributed by atoms with Crippen LogP contribution < -0.4 is 10.2 Å². The fourth-order valence-corrected chi connectivity index (χ4v) is 4.59. The Kier molecular flexibility index (Phi) is 7.91. The fraction of sp³-hybridized carbons (Fsp3) is 0.400. The van der Waals surface area contributed by atoms with Crippen LogP contribution in [0.5, 0.6) is 0 Å². The molecule has 1 aromatic heterocycles. The lowest BCUT2D eigenvalue weighted by atomic mass is 9.91. The Balaban J connectivity index is 1.64. The van der Waals surface area contributed by atoms with Crippen molar-refractivity contribution in [1.82, 2.24) is 9.88 Å². The standard InChI is InChI=1S/C30H38N4O3/c1-6-21(2)37-29(36)34(28(35)32-23-10-8-7-9-11-23)24-12-13-27-25(18-24)26(19-31-27)22-14-16-33(17-15-22)20-30(3,4)5/h7-14,16,18-19,21-22,31H,6,15,17,20H2,1-5H3,(H,32,35). The van der Waals surface area contributed by atoms with Gasteiger partial charge in [0.1, 0.15) is 6.10 Å². The van der Waals surface area contributed by atoms with Crippen molar-refractivity contribution in [1.29, 1.82) is 0 Å². The second-order valence-electron chi connectivity index (χ2n) is 11.0. The van der Waals surface area contributed by atoms with Crippen LogP contribution in [0.2, 0.25) is 0 Å². The molecule has 37 heavy (non-hydrogen) atoms. The number of carbonyl (C=O) groups is 2. The first kappa shape index (κ1) is 26.3.